The van der Waals surface area contributed by atoms with Gasteiger partial charge in [-0.1, -0.05) is 11.6 Å². The Morgan fingerprint density at radius 2 is 2.19 bits per heavy atom. The van der Waals surface area contributed by atoms with Crippen molar-refractivity contribution in [1.82, 2.24) is 9.97 Å². The van der Waals surface area contributed by atoms with Crippen molar-refractivity contribution >= 4 is 45.3 Å². The molecule has 0 atom stereocenters. The number of pyridine rings is 1. The topological polar surface area (TPSA) is 96.7 Å². The summed E-state index contributed by atoms with van der Waals surface area (Å²) in [5.74, 6) is -0.227. The lowest BCUT2D eigenvalue weighted by Crippen LogP contribution is -2.20. The van der Waals surface area contributed by atoms with E-state index < -0.39 is 5.82 Å². The Kier molecular flexibility index (Phi) is 6.55. The van der Waals surface area contributed by atoms with Gasteiger partial charge in [0.1, 0.15) is 35.2 Å². The van der Waals surface area contributed by atoms with Crippen molar-refractivity contribution in [2.75, 3.05) is 25.1 Å². The second-order valence-corrected chi connectivity index (χ2v) is 8.01. The fourth-order valence-electron chi connectivity index (χ4n) is 3.01. The summed E-state index contributed by atoms with van der Waals surface area (Å²) >= 11 is 7.20. The Hall–Kier alpha value is -2.88. The highest BCUT2D eigenvalue weighted by molar-refractivity contribution is 7.14. The number of aromatic nitrogens is 2. The van der Waals surface area contributed by atoms with E-state index in [0.717, 1.165) is 0 Å². The number of anilines is 1. The molecule has 2 N–H and O–H groups in total. The summed E-state index contributed by atoms with van der Waals surface area (Å²) in [4.78, 5) is 26.2. The highest BCUT2D eigenvalue weighted by Crippen LogP contribution is 2.36. The largest absolute Gasteiger partial charge is 0.488 e. The summed E-state index contributed by atoms with van der Waals surface area (Å²) in [6.07, 6.45) is 2.31. The molecule has 0 amide bonds. The number of rotatable bonds is 8. The molecule has 2 aromatic heterocycles. The number of nitrogens with one attached hydrogen (secondary N) is 1. The molecule has 0 aliphatic carbocycles. The van der Waals surface area contributed by atoms with E-state index in [-0.39, 0.29) is 30.4 Å². The summed E-state index contributed by atoms with van der Waals surface area (Å²) in [6.45, 7) is 0.770. The molecule has 0 fully saturated rings. The predicted octanol–water partition coefficient (Wildman–Crippen LogP) is 4.53. The van der Waals surface area contributed by atoms with Gasteiger partial charge in [-0.25, -0.2) is 9.37 Å². The van der Waals surface area contributed by atoms with Gasteiger partial charge in [0.15, 0.2) is 10.9 Å². The molecule has 0 radical (unpaired) electrons. The third-order valence-electron chi connectivity index (χ3n) is 4.51. The number of aliphatic imine (C=N–C) groups is 1. The lowest BCUT2D eigenvalue weighted by molar-refractivity contribution is 0.0998. The number of fused-ring (bicyclic) bond motifs is 1. The number of aliphatic hydroxyl groups excluding tert-OH is 1. The van der Waals surface area contributed by atoms with E-state index in [1.165, 1.54) is 29.5 Å². The second-order valence-electron chi connectivity index (χ2n) is 6.74. The fraction of sp³-hybridized carbons (Fsp3) is 0.238. The molecule has 10 heteroatoms. The van der Waals surface area contributed by atoms with Crippen LogP contribution in [0.3, 0.4) is 0 Å². The minimum atomic E-state index is -0.530. The summed E-state index contributed by atoms with van der Waals surface area (Å²) in [7, 11) is 0. The van der Waals surface area contributed by atoms with Crippen LogP contribution in [0.1, 0.15) is 23.2 Å². The number of ether oxygens (including phenoxy) is 1. The van der Waals surface area contributed by atoms with Gasteiger partial charge in [0, 0.05) is 36.4 Å². The summed E-state index contributed by atoms with van der Waals surface area (Å²) in [6, 6.07) is 5.71. The molecule has 1 aliphatic heterocycles. The number of carbonyl (C=O) groups excluding carboxylic acids is 1. The number of aliphatic hydroxyl groups is 1. The molecule has 0 spiro atoms. The Labute approximate surface area is 186 Å². The van der Waals surface area contributed by atoms with Gasteiger partial charge < -0.3 is 15.2 Å². The molecule has 7 nitrogen and oxygen atoms in total. The maximum Gasteiger partial charge on any atom is 0.183 e. The molecule has 1 aliphatic rings. The van der Waals surface area contributed by atoms with Gasteiger partial charge >= 0.3 is 0 Å². The maximum atomic E-state index is 13.3. The average molecular weight is 461 g/mol. The van der Waals surface area contributed by atoms with Crippen LogP contribution in [0.25, 0.3) is 11.4 Å². The van der Waals surface area contributed by atoms with Gasteiger partial charge in [0.2, 0.25) is 0 Å². The maximum absolute atomic E-state index is 13.3. The van der Waals surface area contributed by atoms with Crippen molar-refractivity contribution in [3.05, 3.63) is 52.2 Å². The number of hydrogen-bond acceptors (Lipinski definition) is 8. The van der Waals surface area contributed by atoms with Crippen LogP contribution in [0.15, 0.2) is 40.8 Å². The van der Waals surface area contributed by atoms with Gasteiger partial charge in [-0.2, -0.15) is 0 Å². The molecule has 160 valence electrons. The van der Waals surface area contributed by atoms with Crippen LogP contribution in [-0.2, 0) is 0 Å². The number of Topliss-reactive ketones (excluding diaryl/α,β-unsaturated/α-hetero) is 1. The van der Waals surface area contributed by atoms with E-state index in [4.69, 9.17) is 21.4 Å². The van der Waals surface area contributed by atoms with Crippen molar-refractivity contribution in [2.24, 2.45) is 4.99 Å². The zero-order valence-electron chi connectivity index (χ0n) is 16.3. The fourth-order valence-corrected chi connectivity index (χ4v) is 3.91. The Morgan fingerprint density at radius 3 is 3.00 bits per heavy atom. The zero-order chi connectivity index (χ0) is 21.8. The first-order valence-corrected chi connectivity index (χ1v) is 10.8. The highest BCUT2D eigenvalue weighted by Gasteiger charge is 2.25. The van der Waals surface area contributed by atoms with Crippen molar-refractivity contribution in [3.63, 3.8) is 0 Å². The normalized spacial score (nSPS) is 13.0. The van der Waals surface area contributed by atoms with Gasteiger partial charge in [-0.15, -0.1) is 11.3 Å². The molecular weight excluding hydrogens is 443 g/mol. The second kappa shape index (κ2) is 9.51. The summed E-state index contributed by atoms with van der Waals surface area (Å²) in [5.41, 5.74) is 2.60. The van der Waals surface area contributed by atoms with E-state index in [2.05, 4.69) is 20.3 Å². The summed E-state index contributed by atoms with van der Waals surface area (Å²) in [5, 5.41) is 14.5. The van der Waals surface area contributed by atoms with Crippen LogP contribution in [0, 0.1) is 5.82 Å². The van der Waals surface area contributed by atoms with Crippen molar-refractivity contribution in [3.8, 4) is 17.1 Å². The van der Waals surface area contributed by atoms with Crippen LogP contribution in [0.4, 0.5) is 15.2 Å². The minimum absolute atomic E-state index is 0.0390. The van der Waals surface area contributed by atoms with Gasteiger partial charge in [0.25, 0.3) is 0 Å². The summed E-state index contributed by atoms with van der Waals surface area (Å²) < 4.78 is 19.0. The molecule has 3 aromatic rings. The zero-order valence-corrected chi connectivity index (χ0v) is 17.8. The number of nitrogens with zero attached hydrogens (tertiary/aromatic N) is 3. The number of benzene rings is 1. The average Bonchev–Trinajstić information content (AvgIpc) is 3.23. The van der Waals surface area contributed by atoms with Crippen molar-refractivity contribution < 1.29 is 19.0 Å². The molecule has 3 heterocycles. The lowest BCUT2D eigenvalue weighted by atomic mass is 9.99. The van der Waals surface area contributed by atoms with E-state index >= 15 is 0 Å². The van der Waals surface area contributed by atoms with E-state index in [0.29, 0.717) is 52.2 Å². The predicted molar refractivity (Wildman–Crippen MR) is 118 cm³/mol. The third-order valence-corrected chi connectivity index (χ3v) is 5.60. The first-order valence-electron chi connectivity index (χ1n) is 9.52. The van der Waals surface area contributed by atoms with Gasteiger partial charge in [0.05, 0.1) is 17.2 Å². The van der Waals surface area contributed by atoms with Gasteiger partial charge in [-0.05, 0) is 24.6 Å². The van der Waals surface area contributed by atoms with Crippen LogP contribution in [-0.4, -0.2) is 46.3 Å². The molecule has 0 bridgehead atoms. The van der Waals surface area contributed by atoms with E-state index in [1.807, 2.05) is 5.38 Å². The monoisotopic (exact) mass is 460 g/mol. The SMILES string of the molecule is O=C1CC(COc2ccc(F)c(Cl)c2)=Nc2c1ccnc2-c1csc(NCCCO)n1. The smallest absolute Gasteiger partial charge is 0.183 e. The van der Waals surface area contributed by atoms with Crippen LogP contribution < -0.4 is 10.1 Å². The Morgan fingerprint density at radius 1 is 1.32 bits per heavy atom. The Bertz CT molecular complexity index is 1150. The Balaban J connectivity index is 1.57. The number of thiazole rings is 1. The first-order chi connectivity index (χ1) is 15.0. The molecule has 0 saturated heterocycles. The van der Waals surface area contributed by atoms with Gasteiger partial charge in [-0.3, -0.25) is 14.8 Å². The molecular formula is C21H18ClFN4O3S. The number of halogens is 2. The molecule has 31 heavy (non-hydrogen) atoms. The third kappa shape index (κ3) is 4.90. The van der Waals surface area contributed by atoms with E-state index in [1.54, 1.807) is 12.3 Å². The molecule has 4 rings (SSSR count). The van der Waals surface area contributed by atoms with Crippen molar-refractivity contribution in [2.45, 2.75) is 12.8 Å². The number of ketones is 1. The van der Waals surface area contributed by atoms with Crippen LogP contribution in [0.2, 0.25) is 5.02 Å². The highest BCUT2D eigenvalue weighted by atomic mass is 35.5. The van der Waals surface area contributed by atoms with E-state index in [9.17, 15) is 9.18 Å². The lowest BCUT2D eigenvalue weighted by Gasteiger charge is -2.17. The minimum Gasteiger partial charge on any atom is -0.488 e. The molecule has 0 unspecified atom stereocenters. The van der Waals surface area contributed by atoms with Crippen LogP contribution in [0.5, 0.6) is 5.75 Å². The standard InChI is InChI=1S/C21H18ClFN4O3S/c22-15-9-13(2-3-16(15)23)30-10-12-8-18(29)14-4-6-24-20(19(14)26-12)17-11-31-21(27-17)25-5-1-7-28/h2-4,6,9,11,28H,1,5,7-8,10H2,(H,25,27). The quantitative estimate of drug-likeness (QED) is 0.479. The first kappa shape index (κ1) is 21.4. The molecule has 0 saturated carbocycles. The number of carbonyl (C=O) groups is 1. The van der Waals surface area contributed by atoms with Crippen LogP contribution >= 0.6 is 22.9 Å². The molecule has 1 aromatic carbocycles. The van der Waals surface area contributed by atoms with Crippen molar-refractivity contribution in [1.29, 1.82) is 0 Å². The number of hydrogen-bond donors (Lipinski definition) is 2.